The first kappa shape index (κ1) is 14.8. The number of nitro benzene ring substituents is 1. The van der Waals surface area contributed by atoms with Crippen LogP contribution in [0, 0.1) is 10.1 Å². The van der Waals surface area contributed by atoms with Gasteiger partial charge < -0.3 is 10.3 Å². The molecule has 2 rings (SSSR count). The number of rotatable bonds is 5. The van der Waals surface area contributed by atoms with E-state index < -0.39 is 4.92 Å². The third kappa shape index (κ3) is 3.09. The van der Waals surface area contributed by atoms with Gasteiger partial charge in [0, 0.05) is 24.9 Å². The van der Waals surface area contributed by atoms with E-state index in [9.17, 15) is 10.1 Å². The van der Waals surface area contributed by atoms with E-state index in [2.05, 4.69) is 10.2 Å². The van der Waals surface area contributed by atoms with Gasteiger partial charge in [0.1, 0.15) is 5.82 Å². The molecule has 0 atom stereocenters. The third-order valence-electron chi connectivity index (χ3n) is 2.71. The van der Waals surface area contributed by atoms with Gasteiger partial charge in [-0.15, -0.1) is 10.2 Å². The Morgan fingerprint density at radius 2 is 2.25 bits per heavy atom. The van der Waals surface area contributed by atoms with Gasteiger partial charge in [-0.25, -0.2) is 0 Å². The van der Waals surface area contributed by atoms with Crippen molar-refractivity contribution in [3.05, 3.63) is 44.7 Å². The molecule has 0 spiro atoms. The number of halogens is 1. The second kappa shape index (κ2) is 6.21. The maximum atomic E-state index is 10.6. The van der Waals surface area contributed by atoms with Crippen LogP contribution in [0.3, 0.4) is 0 Å². The number of non-ortho nitro benzene ring substituents is 1. The fourth-order valence-corrected chi connectivity index (χ4v) is 2.81. The lowest BCUT2D eigenvalue weighted by Gasteiger charge is -2.04. The highest BCUT2D eigenvalue weighted by molar-refractivity contribution is 7.98. The number of nitrogens with two attached hydrogens (primary N) is 1. The lowest BCUT2D eigenvalue weighted by atomic mass is 10.2. The van der Waals surface area contributed by atoms with Crippen molar-refractivity contribution in [3.63, 3.8) is 0 Å². The Bertz CT molecular complexity index is 646. The van der Waals surface area contributed by atoms with Crippen LogP contribution in [0.25, 0.3) is 0 Å². The van der Waals surface area contributed by atoms with Gasteiger partial charge in [0.15, 0.2) is 5.16 Å². The summed E-state index contributed by atoms with van der Waals surface area (Å²) in [5.41, 5.74) is 6.31. The van der Waals surface area contributed by atoms with Crippen LogP contribution in [-0.4, -0.2) is 19.7 Å². The third-order valence-corrected chi connectivity index (χ3v) is 4.13. The minimum Gasteiger partial charge on any atom is -0.324 e. The van der Waals surface area contributed by atoms with E-state index in [-0.39, 0.29) is 5.69 Å². The molecule has 9 heteroatoms. The van der Waals surface area contributed by atoms with Gasteiger partial charge in [0.2, 0.25) is 0 Å². The molecule has 2 N–H and O–H groups in total. The molecule has 0 saturated heterocycles. The number of hydrogen-bond acceptors (Lipinski definition) is 6. The molecule has 0 unspecified atom stereocenters. The molecule has 1 aromatic heterocycles. The Kier molecular flexibility index (Phi) is 4.58. The van der Waals surface area contributed by atoms with Gasteiger partial charge in [-0.3, -0.25) is 10.1 Å². The molecule has 0 aliphatic carbocycles. The van der Waals surface area contributed by atoms with Crippen molar-refractivity contribution in [3.8, 4) is 0 Å². The van der Waals surface area contributed by atoms with Crippen molar-refractivity contribution >= 4 is 29.1 Å². The average Bonchev–Trinajstić information content (AvgIpc) is 2.77. The Hall–Kier alpha value is -1.64. The highest BCUT2D eigenvalue weighted by Crippen LogP contribution is 2.28. The van der Waals surface area contributed by atoms with Crippen molar-refractivity contribution in [1.82, 2.24) is 14.8 Å². The van der Waals surface area contributed by atoms with Gasteiger partial charge in [-0.2, -0.15) is 0 Å². The number of benzene rings is 1. The minimum absolute atomic E-state index is 0.0205. The van der Waals surface area contributed by atoms with Gasteiger partial charge in [0.25, 0.3) is 5.69 Å². The number of nitrogens with zero attached hydrogens (tertiary/aromatic N) is 4. The monoisotopic (exact) mass is 313 g/mol. The number of aromatic nitrogens is 3. The smallest absolute Gasteiger partial charge is 0.270 e. The summed E-state index contributed by atoms with van der Waals surface area (Å²) in [6.07, 6.45) is 0. The Morgan fingerprint density at radius 1 is 1.50 bits per heavy atom. The van der Waals surface area contributed by atoms with Gasteiger partial charge >= 0.3 is 0 Å². The zero-order chi connectivity index (χ0) is 14.7. The van der Waals surface area contributed by atoms with Crippen molar-refractivity contribution < 1.29 is 4.92 Å². The maximum absolute atomic E-state index is 10.6. The van der Waals surface area contributed by atoms with Gasteiger partial charge in [-0.05, 0) is 11.6 Å². The number of hydrogen-bond donors (Lipinski definition) is 1. The molecule has 20 heavy (non-hydrogen) atoms. The molecule has 1 aromatic carbocycles. The molecular weight excluding hydrogens is 302 g/mol. The first-order valence-electron chi connectivity index (χ1n) is 5.67. The second-order valence-corrected chi connectivity index (χ2v) is 5.33. The zero-order valence-electron chi connectivity index (χ0n) is 10.6. The van der Waals surface area contributed by atoms with Crippen LogP contribution in [0.5, 0.6) is 0 Å². The fraction of sp³-hybridized carbons (Fsp3) is 0.273. The van der Waals surface area contributed by atoms with E-state index in [1.54, 1.807) is 6.07 Å². The Morgan fingerprint density at radius 3 is 2.80 bits per heavy atom. The van der Waals surface area contributed by atoms with E-state index in [1.165, 1.54) is 23.9 Å². The predicted octanol–water partition coefficient (Wildman–Crippen LogP) is 2.13. The zero-order valence-corrected chi connectivity index (χ0v) is 12.2. The standard InChI is InChI=1S/C11H12ClN5O2S/c1-16-10(5-13)14-15-11(16)20-6-7-2-3-8(17(18)19)4-9(7)12/h2-4H,5-6,13H2,1H3. The highest BCUT2D eigenvalue weighted by Gasteiger charge is 2.12. The maximum Gasteiger partial charge on any atom is 0.270 e. The molecule has 0 amide bonds. The molecular formula is C11H12ClN5O2S. The molecule has 2 aromatic rings. The quantitative estimate of drug-likeness (QED) is 0.515. The van der Waals surface area contributed by atoms with E-state index in [4.69, 9.17) is 17.3 Å². The Labute approximate surface area is 124 Å². The predicted molar refractivity (Wildman–Crippen MR) is 76.6 cm³/mol. The molecule has 0 saturated carbocycles. The van der Waals surface area contributed by atoms with Crippen LogP contribution in [0.4, 0.5) is 5.69 Å². The summed E-state index contributed by atoms with van der Waals surface area (Å²) in [6, 6.07) is 4.43. The second-order valence-electron chi connectivity index (χ2n) is 3.98. The van der Waals surface area contributed by atoms with Crippen LogP contribution in [0.15, 0.2) is 23.4 Å². The molecule has 1 heterocycles. The largest absolute Gasteiger partial charge is 0.324 e. The topological polar surface area (TPSA) is 99.9 Å². The molecule has 0 aliphatic rings. The number of nitro groups is 1. The van der Waals surface area contributed by atoms with E-state index in [1.807, 2.05) is 11.6 Å². The van der Waals surface area contributed by atoms with Gasteiger partial charge in [-0.1, -0.05) is 23.4 Å². The van der Waals surface area contributed by atoms with Crippen molar-refractivity contribution in [2.75, 3.05) is 0 Å². The van der Waals surface area contributed by atoms with Crippen molar-refractivity contribution in [1.29, 1.82) is 0 Å². The van der Waals surface area contributed by atoms with Crippen molar-refractivity contribution in [2.45, 2.75) is 17.5 Å². The Balaban J connectivity index is 2.11. The van der Waals surface area contributed by atoms with Crippen molar-refractivity contribution in [2.24, 2.45) is 12.8 Å². The molecule has 0 radical (unpaired) electrons. The van der Waals surface area contributed by atoms with E-state index in [0.29, 0.717) is 23.1 Å². The average molecular weight is 314 g/mol. The van der Waals surface area contributed by atoms with Crippen LogP contribution >= 0.6 is 23.4 Å². The lowest BCUT2D eigenvalue weighted by molar-refractivity contribution is -0.384. The van der Waals surface area contributed by atoms with Crippen LogP contribution < -0.4 is 5.73 Å². The summed E-state index contributed by atoms with van der Waals surface area (Å²) in [4.78, 5) is 10.2. The summed E-state index contributed by atoms with van der Waals surface area (Å²) >= 11 is 7.48. The summed E-state index contributed by atoms with van der Waals surface area (Å²) in [6.45, 7) is 0.322. The summed E-state index contributed by atoms with van der Waals surface area (Å²) in [5, 5.41) is 19.7. The van der Waals surface area contributed by atoms with Crippen LogP contribution in [0.1, 0.15) is 11.4 Å². The normalized spacial score (nSPS) is 10.8. The first-order chi connectivity index (χ1) is 9.52. The molecule has 0 aliphatic heterocycles. The molecule has 0 bridgehead atoms. The summed E-state index contributed by atoms with van der Waals surface area (Å²) in [5.74, 6) is 1.25. The summed E-state index contributed by atoms with van der Waals surface area (Å²) < 4.78 is 1.81. The fourth-order valence-electron chi connectivity index (χ4n) is 1.56. The SMILES string of the molecule is Cn1c(CN)nnc1SCc1ccc([N+](=O)[O-])cc1Cl. The lowest BCUT2D eigenvalue weighted by Crippen LogP contribution is -2.05. The molecule has 106 valence electrons. The van der Waals surface area contributed by atoms with E-state index in [0.717, 1.165) is 10.7 Å². The molecule has 0 fully saturated rings. The number of thioether (sulfide) groups is 1. The highest BCUT2D eigenvalue weighted by atomic mass is 35.5. The molecule has 7 nitrogen and oxygen atoms in total. The summed E-state index contributed by atoms with van der Waals surface area (Å²) in [7, 11) is 1.84. The minimum atomic E-state index is -0.473. The van der Waals surface area contributed by atoms with Gasteiger partial charge in [0.05, 0.1) is 16.5 Å². The van der Waals surface area contributed by atoms with E-state index >= 15 is 0 Å². The first-order valence-corrected chi connectivity index (χ1v) is 7.03. The van der Waals surface area contributed by atoms with Crippen LogP contribution in [-0.2, 0) is 19.3 Å². The van der Waals surface area contributed by atoms with Crippen LogP contribution in [0.2, 0.25) is 5.02 Å².